The van der Waals surface area contributed by atoms with E-state index in [-0.39, 0.29) is 18.4 Å². The Morgan fingerprint density at radius 1 is 1.00 bits per heavy atom. The first-order valence-electron chi connectivity index (χ1n) is 11.3. The number of carbonyl (C=O) groups excluding carboxylic acids is 2. The first-order valence-corrected chi connectivity index (χ1v) is 11.3. The third kappa shape index (κ3) is 6.91. The van der Waals surface area contributed by atoms with Crippen LogP contribution >= 0.6 is 0 Å². The van der Waals surface area contributed by atoms with Gasteiger partial charge in [-0.15, -0.1) is 0 Å². The summed E-state index contributed by atoms with van der Waals surface area (Å²) in [5, 5.41) is 2.95. The van der Waals surface area contributed by atoms with Crippen molar-refractivity contribution in [3.05, 3.63) is 54.1 Å². The zero-order valence-corrected chi connectivity index (χ0v) is 19.9. The topological polar surface area (TPSA) is 86.3 Å². The highest BCUT2D eigenvalue weighted by Gasteiger charge is 2.23. The Kier molecular flexibility index (Phi) is 9.20. The zero-order chi connectivity index (χ0) is 24.3. The number of carbonyl (C=O) groups is 2. The van der Waals surface area contributed by atoms with Gasteiger partial charge in [-0.05, 0) is 54.7 Å². The lowest BCUT2D eigenvalue weighted by molar-refractivity contribution is -0.134. The number of hydrogen-bond donors (Lipinski definition) is 1. The molecule has 1 N–H and O–H groups in total. The molecule has 2 amide bonds. The molecule has 1 heterocycles. The van der Waals surface area contributed by atoms with Gasteiger partial charge in [-0.25, -0.2) is 0 Å². The first-order chi connectivity index (χ1) is 16.5. The van der Waals surface area contributed by atoms with Crippen LogP contribution in [0.2, 0.25) is 0 Å². The average Bonchev–Trinajstić information content (AvgIpc) is 2.89. The maximum atomic E-state index is 12.4. The van der Waals surface area contributed by atoms with E-state index in [0.717, 1.165) is 18.4 Å². The fraction of sp³-hybridized carbons (Fsp3) is 0.385. The van der Waals surface area contributed by atoms with Gasteiger partial charge in [0.05, 0.1) is 21.3 Å². The van der Waals surface area contributed by atoms with Crippen molar-refractivity contribution in [2.75, 3.05) is 47.6 Å². The fourth-order valence-corrected chi connectivity index (χ4v) is 3.81. The van der Waals surface area contributed by atoms with Crippen molar-refractivity contribution in [3.8, 4) is 23.0 Å². The quantitative estimate of drug-likeness (QED) is 0.539. The van der Waals surface area contributed by atoms with Crippen LogP contribution in [-0.2, 0) is 9.59 Å². The van der Waals surface area contributed by atoms with Crippen molar-refractivity contribution in [2.24, 2.45) is 5.92 Å². The Hall–Kier alpha value is -3.68. The molecule has 0 aromatic heterocycles. The highest BCUT2D eigenvalue weighted by molar-refractivity contribution is 5.91. The van der Waals surface area contributed by atoms with E-state index < -0.39 is 0 Å². The summed E-state index contributed by atoms with van der Waals surface area (Å²) in [6.07, 6.45) is 4.87. The summed E-state index contributed by atoms with van der Waals surface area (Å²) in [5.41, 5.74) is 0.759. The molecule has 0 unspecified atom stereocenters. The molecule has 1 aliphatic heterocycles. The number of methoxy groups -OCH3 is 3. The van der Waals surface area contributed by atoms with E-state index in [0.29, 0.717) is 48.6 Å². The van der Waals surface area contributed by atoms with Crippen LogP contribution in [0.3, 0.4) is 0 Å². The van der Waals surface area contributed by atoms with Crippen LogP contribution in [0.5, 0.6) is 23.0 Å². The van der Waals surface area contributed by atoms with Gasteiger partial charge in [0.15, 0.2) is 18.1 Å². The number of benzene rings is 2. The minimum atomic E-state index is -0.177. The van der Waals surface area contributed by atoms with Gasteiger partial charge >= 0.3 is 0 Å². The summed E-state index contributed by atoms with van der Waals surface area (Å²) in [6, 6.07) is 12.9. The summed E-state index contributed by atoms with van der Waals surface area (Å²) in [4.78, 5) is 26.5. The van der Waals surface area contributed by atoms with E-state index in [9.17, 15) is 9.59 Å². The van der Waals surface area contributed by atoms with E-state index >= 15 is 0 Å². The van der Waals surface area contributed by atoms with Crippen LogP contribution in [0.25, 0.3) is 6.08 Å². The lowest BCUT2D eigenvalue weighted by Gasteiger charge is -2.32. The van der Waals surface area contributed by atoms with Gasteiger partial charge in [0, 0.05) is 25.7 Å². The molecular weight excluding hydrogens is 436 g/mol. The minimum Gasteiger partial charge on any atom is -0.493 e. The Labute approximate surface area is 200 Å². The van der Waals surface area contributed by atoms with Crippen molar-refractivity contribution >= 4 is 17.9 Å². The predicted octanol–water partition coefficient (Wildman–Crippen LogP) is 3.16. The number of amides is 2. The number of piperidine rings is 1. The molecule has 0 aliphatic carbocycles. The summed E-state index contributed by atoms with van der Waals surface area (Å²) in [5.74, 6) is 2.38. The third-order valence-electron chi connectivity index (χ3n) is 5.75. The monoisotopic (exact) mass is 468 g/mol. The number of para-hydroxylation sites is 1. The number of ether oxygens (including phenoxy) is 4. The predicted molar refractivity (Wildman–Crippen MR) is 129 cm³/mol. The molecule has 8 heteroatoms. The highest BCUT2D eigenvalue weighted by Crippen LogP contribution is 2.38. The van der Waals surface area contributed by atoms with Gasteiger partial charge in [-0.1, -0.05) is 18.2 Å². The molecule has 0 spiro atoms. The molecule has 0 radical (unpaired) electrons. The van der Waals surface area contributed by atoms with Crippen LogP contribution in [0.15, 0.2) is 48.5 Å². The molecule has 1 saturated heterocycles. The number of hydrogen-bond acceptors (Lipinski definition) is 6. The van der Waals surface area contributed by atoms with Crippen molar-refractivity contribution in [3.63, 3.8) is 0 Å². The molecule has 3 rings (SSSR count). The summed E-state index contributed by atoms with van der Waals surface area (Å²) < 4.78 is 21.6. The molecule has 2 aromatic carbocycles. The Morgan fingerprint density at radius 2 is 1.65 bits per heavy atom. The lowest BCUT2D eigenvalue weighted by Crippen LogP contribution is -2.43. The van der Waals surface area contributed by atoms with E-state index in [1.165, 1.54) is 6.08 Å². The van der Waals surface area contributed by atoms with Crippen LogP contribution in [0, 0.1) is 5.92 Å². The fourth-order valence-electron chi connectivity index (χ4n) is 3.81. The van der Waals surface area contributed by atoms with Gasteiger partial charge in [0.2, 0.25) is 11.7 Å². The van der Waals surface area contributed by atoms with Crippen LogP contribution in [0.1, 0.15) is 18.4 Å². The van der Waals surface area contributed by atoms with Gasteiger partial charge in [-0.3, -0.25) is 9.59 Å². The second kappa shape index (κ2) is 12.5. The largest absolute Gasteiger partial charge is 0.493 e. The second-order valence-corrected chi connectivity index (χ2v) is 7.96. The van der Waals surface area contributed by atoms with Crippen LogP contribution in [0.4, 0.5) is 0 Å². The van der Waals surface area contributed by atoms with E-state index in [1.807, 2.05) is 35.2 Å². The van der Waals surface area contributed by atoms with E-state index in [2.05, 4.69) is 5.32 Å². The van der Waals surface area contributed by atoms with Crippen molar-refractivity contribution in [1.82, 2.24) is 10.2 Å². The molecule has 8 nitrogen and oxygen atoms in total. The molecule has 0 atom stereocenters. The second-order valence-electron chi connectivity index (χ2n) is 7.96. The lowest BCUT2D eigenvalue weighted by atomic mass is 9.96. The molecule has 2 aromatic rings. The Bertz CT molecular complexity index is 959. The Balaban J connectivity index is 1.42. The van der Waals surface area contributed by atoms with Crippen molar-refractivity contribution < 1.29 is 28.5 Å². The smallest absolute Gasteiger partial charge is 0.260 e. The van der Waals surface area contributed by atoms with Crippen molar-refractivity contribution in [1.29, 1.82) is 0 Å². The molecule has 0 bridgehead atoms. The maximum absolute atomic E-state index is 12.4. The molecular formula is C26H32N2O6. The SMILES string of the molecule is COc1cc(/C=C/C(=O)NCC2CCN(C(=O)COc3ccccc3)CC2)cc(OC)c1OC. The van der Waals surface area contributed by atoms with Crippen molar-refractivity contribution in [2.45, 2.75) is 12.8 Å². The zero-order valence-electron chi connectivity index (χ0n) is 19.9. The van der Waals surface area contributed by atoms with Gasteiger partial charge in [0.25, 0.3) is 5.91 Å². The third-order valence-corrected chi connectivity index (χ3v) is 5.75. The van der Waals surface area contributed by atoms with Gasteiger partial charge in [-0.2, -0.15) is 0 Å². The van der Waals surface area contributed by atoms with Gasteiger partial charge in [0.1, 0.15) is 5.75 Å². The number of nitrogens with one attached hydrogen (secondary N) is 1. The van der Waals surface area contributed by atoms with Gasteiger partial charge < -0.3 is 29.2 Å². The molecule has 0 saturated carbocycles. The average molecular weight is 469 g/mol. The molecule has 1 fully saturated rings. The van der Waals surface area contributed by atoms with Crippen LogP contribution in [-0.4, -0.2) is 64.3 Å². The summed E-state index contributed by atoms with van der Waals surface area (Å²) in [7, 11) is 4.64. The standard InChI is InChI=1S/C26H32N2O6/c1-31-22-15-20(16-23(32-2)26(22)33-3)9-10-24(29)27-17-19-11-13-28(14-12-19)25(30)18-34-21-7-5-4-6-8-21/h4-10,15-16,19H,11-14,17-18H2,1-3H3,(H,27,29)/b10-9+. The first kappa shape index (κ1) is 25.0. The normalized spacial score (nSPS) is 14.0. The van der Waals surface area contributed by atoms with Crippen LogP contribution < -0.4 is 24.3 Å². The highest BCUT2D eigenvalue weighted by atomic mass is 16.5. The van der Waals surface area contributed by atoms with E-state index in [1.54, 1.807) is 39.5 Å². The minimum absolute atomic E-state index is 0.0142. The number of likely N-dealkylation sites (tertiary alicyclic amines) is 1. The Morgan fingerprint density at radius 3 is 2.24 bits per heavy atom. The molecule has 1 aliphatic rings. The maximum Gasteiger partial charge on any atom is 0.260 e. The molecule has 182 valence electrons. The summed E-state index contributed by atoms with van der Waals surface area (Å²) in [6.45, 7) is 1.94. The number of rotatable bonds is 10. The number of nitrogens with zero attached hydrogens (tertiary/aromatic N) is 1. The summed E-state index contributed by atoms with van der Waals surface area (Å²) >= 11 is 0. The molecule has 34 heavy (non-hydrogen) atoms. The van der Waals surface area contributed by atoms with E-state index in [4.69, 9.17) is 18.9 Å².